The number of nitrogens with one attached hydrogen (secondary N) is 2. The van der Waals surface area contributed by atoms with Crippen molar-refractivity contribution in [1.29, 1.82) is 10.7 Å². The van der Waals surface area contributed by atoms with Crippen molar-refractivity contribution in [3.8, 4) is 29.0 Å². The van der Waals surface area contributed by atoms with Gasteiger partial charge in [0.05, 0.1) is 24.4 Å². The molecule has 0 radical (unpaired) electrons. The number of aromatic amines is 1. The Morgan fingerprint density at radius 3 is 2.53 bits per heavy atom. The van der Waals surface area contributed by atoms with Crippen LogP contribution in [0.1, 0.15) is 43.4 Å². The number of hydrogen-bond donors (Lipinski definition) is 2. The molecule has 2 N–H and O–H groups in total. The van der Waals surface area contributed by atoms with Gasteiger partial charge in [0, 0.05) is 11.5 Å². The van der Waals surface area contributed by atoms with Crippen molar-refractivity contribution in [1.82, 2.24) is 10.2 Å². The van der Waals surface area contributed by atoms with E-state index in [-0.39, 0.29) is 17.2 Å². The van der Waals surface area contributed by atoms with Crippen molar-refractivity contribution in [3.63, 3.8) is 0 Å². The van der Waals surface area contributed by atoms with Crippen LogP contribution in [0.4, 0.5) is 0 Å². The van der Waals surface area contributed by atoms with Crippen LogP contribution in [-0.4, -0.2) is 23.2 Å². The first-order valence-corrected chi connectivity index (χ1v) is 9.82. The number of methoxy groups -OCH3 is 1. The Balaban J connectivity index is 1.88. The van der Waals surface area contributed by atoms with Crippen LogP contribution in [0.3, 0.4) is 0 Å². The van der Waals surface area contributed by atoms with E-state index < -0.39 is 5.92 Å². The number of rotatable bonds is 3. The molecule has 1 aliphatic rings. The molecule has 0 fully saturated rings. The van der Waals surface area contributed by atoms with Gasteiger partial charge in [0.1, 0.15) is 11.7 Å². The first-order chi connectivity index (χ1) is 14.3. The molecular formula is C24H24N4O2. The van der Waals surface area contributed by atoms with Gasteiger partial charge in [0.25, 0.3) is 0 Å². The lowest BCUT2D eigenvalue weighted by atomic mass is 9.77. The fraction of sp³-hybridized carbons (Fsp3) is 0.292. The molecular weight excluding hydrogens is 376 g/mol. The molecule has 6 nitrogen and oxygen atoms in total. The maximum absolute atomic E-state index is 9.86. The Labute approximate surface area is 176 Å². The Bertz CT molecular complexity index is 1130. The summed E-state index contributed by atoms with van der Waals surface area (Å²) < 4.78 is 11.0. The SMILES string of the molecule is COc1cccc(-c2[nH]nc3c2C(c2ccc(C(C)(C)C)cc2)C(C#N)C(=N)O3)c1. The van der Waals surface area contributed by atoms with Crippen molar-refractivity contribution < 1.29 is 9.47 Å². The quantitative estimate of drug-likeness (QED) is 0.645. The van der Waals surface area contributed by atoms with Crippen LogP contribution in [0.25, 0.3) is 11.3 Å². The fourth-order valence-electron chi connectivity index (χ4n) is 3.87. The minimum Gasteiger partial charge on any atom is -0.497 e. The molecule has 6 heteroatoms. The molecule has 0 saturated carbocycles. The average Bonchev–Trinajstić information content (AvgIpc) is 3.15. The van der Waals surface area contributed by atoms with Gasteiger partial charge >= 0.3 is 0 Å². The number of hydrogen-bond acceptors (Lipinski definition) is 5. The Morgan fingerprint density at radius 2 is 1.90 bits per heavy atom. The lowest BCUT2D eigenvalue weighted by Gasteiger charge is -2.29. The summed E-state index contributed by atoms with van der Waals surface area (Å²) in [4.78, 5) is 0. The third-order valence-electron chi connectivity index (χ3n) is 5.54. The lowest BCUT2D eigenvalue weighted by Crippen LogP contribution is -2.31. The van der Waals surface area contributed by atoms with Gasteiger partial charge < -0.3 is 9.47 Å². The van der Waals surface area contributed by atoms with E-state index >= 15 is 0 Å². The Hall–Kier alpha value is -3.59. The minimum absolute atomic E-state index is 0.0299. The van der Waals surface area contributed by atoms with E-state index in [9.17, 15) is 5.26 Å². The largest absolute Gasteiger partial charge is 0.497 e. The molecule has 0 bridgehead atoms. The van der Waals surface area contributed by atoms with Crippen LogP contribution in [0, 0.1) is 22.7 Å². The van der Waals surface area contributed by atoms with E-state index in [4.69, 9.17) is 14.9 Å². The molecule has 2 heterocycles. The van der Waals surface area contributed by atoms with Gasteiger partial charge in [-0.15, -0.1) is 5.10 Å². The smallest absolute Gasteiger partial charge is 0.244 e. The second-order valence-corrected chi connectivity index (χ2v) is 8.47. The van der Waals surface area contributed by atoms with Gasteiger partial charge in [-0.2, -0.15) is 5.26 Å². The molecule has 2 unspecified atom stereocenters. The molecule has 2 atom stereocenters. The highest BCUT2D eigenvalue weighted by molar-refractivity contribution is 5.86. The predicted octanol–water partition coefficient (Wildman–Crippen LogP) is 5.02. The second-order valence-electron chi connectivity index (χ2n) is 8.47. The highest BCUT2D eigenvalue weighted by Gasteiger charge is 2.40. The molecule has 0 amide bonds. The zero-order valence-corrected chi connectivity index (χ0v) is 17.5. The van der Waals surface area contributed by atoms with Crippen LogP contribution < -0.4 is 9.47 Å². The molecule has 152 valence electrons. The van der Waals surface area contributed by atoms with Crippen LogP contribution >= 0.6 is 0 Å². The second kappa shape index (κ2) is 7.34. The van der Waals surface area contributed by atoms with Crippen molar-refractivity contribution in [2.24, 2.45) is 5.92 Å². The van der Waals surface area contributed by atoms with Crippen molar-refractivity contribution >= 4 is 5.90 Å². The summed E-state index contributed by atoms with van der Waals surface area (Å²) in [6.07, 6.45) is 0. The molecule has 30 heavy (non-hydrogen) atoms. The third-order valence-corrected chi connectivity index (χ3v) is 5.54. The van der Waals surface area contributed by atoms with Gasteiger partial charge in [-0.1, -0.05) is 57.2 Å². The van der Waals surface area contributed by atoms with E-state index in [0.29, 0.717) is 5.88 Å². The van der Waals surface area contributed by atoms with E-state index in [0.717, 1.165) is 28.1 Å². The highest BCUT2D eigenvalue weighted by Crippen LogP contribution is 2.46. The summed E-state index contributed by atoms with van der Waals surface area (Å²) in [6, 6.07) is 18.2. The first-order valence-electron chi connectivity index (χ1n) is 9.82. The summed E-state index contributed by atoms with van der Waals surface area (Å²) in [6.45, 7) is 6.50. The number of aromatic nitrogens is 2. The van der Waals surface area contributed by atoms with Crippen LogP contribution in [0.2, 0.25) is 0 Å². The van der Waals surface area contributed by atoms with Gasteiger partial charge in [-0.05, 0) is 28.7 Å². The van der Waals surface area contributed by atoms with Gasteiger partial charge in [0.15, 0.2) is 0 Å². The zero-order valence-electron chi connectivity index (χ0n) is 17.5. The summed E-state index contributed by atoms with van der Waals surface area (Å²) in [5.41, 5.74) is 4.63. The van der Waals surface area contributed by atoms with Gasteiger partial charge in [-0.25, -0.2) is 0 Å². The maximum atomic E-state index is 9.86. The number of ether oxygens (including phenoxy) is 2. The van der Waals surface area contributed by atoms with E-state index in [2.05, 4.69) is 49.2 Å². The van der Waals surface area contributed by atoms with E-state index in [1.54, 1.807) is 7.11 Å². The number of fused-ring (bicyclic) bond motifs is 1. The van der Waals surface area contributed by atoms with Gasteiger partial charge in [-0.3, -0.25) is 10.5 Å². The summed E-state index contributed by atoms with van der Waals surface area (Å²) in [7, 11) is 1.62. The first kappa shape index (κ1) is 19.7. The standard InChI is InChI=1S/C24H24N4O2/c1-24(2,3)16-10-8-14(9-11-16)19-18(13-25)22(26)30-23-20(19)21(27-28-23)15-6-5-7-17(12-15)29-4/h5-12,18-19,26H,1-4H3,(H,27,28). The van der Waals surface area contributed by atoms with Crippen LogP contribution in [0.15, 0.2) is 48.5 Å². The lowest BCUT2D eigenvalue weighted by molar-refractivity contribution is 0.415. The number of H-pyrrole nitrogens is 1. The third kappa shape index (κ3) is 3.33. The van der Waals surface area contributed by atoms with Crippen LogP contribution in [0.5, 0.6) is 11.6 Å². The van der Waals surface area contributed by atoms with E-state index in [1.807, 2.05) is 36.4 Å². The molecule has 1 aliphatic heterocycles. The fourth-order valence-corrected chi connectivity index (χ4v) is 3.87. The number of benzene rings is 2. The minimum atomic E-state index is -0.736. The van der Waals surface area contributed by atoms with Gasteiger partial charge in [0.2, 0.25) is 11.8 Å². The van der Waals surface area contributed by atoms with E-state index in [1.165, 1.54) is 5.56 Å². The maximum Gasteiger partial charge on any atom is 0.244 e. The molecule has 3 aromatic rings. The Kier molecular flexibility index (Phi) is 4.83. The molecule has 1 aromatic heterocycles. The Morgan fingerprint density at radius 1 is 1.17 bits per heavy atom. The number of nitriles is 1. The number of nitrogens with zero attached hydrogens (tertiary/aromatic N) is 2. The molecule has 0 saturated heterocycles. The average molecular weight is 400 g/mol. The van der Waals surface area contributed by atoms with Crippen molar-refractivity contribution in [2.75, 3.05) is 7.11 Å². The summed E-state index contributed by atoms with van der Waals surface area (Å²) in [5.74, 6) is -0.115. The monoisotopic (exact) mass is 400 g/mol. The van der Waals surface area contributed by atoms with Crippen molar-refractivity contribution in [2.45, 2.75) is 32.1 Å². The zero-order chi connectivity index (χ0) is 21.5. The van der Waals surface area contributed by atoms with Crippen LogP contribution in [-0.2, 0) is 5.41 Å². The topological polar surface area (TPSA) is 94.8 Å². The normalized spacial score (nSPS) is 18.3. The molecule has 4 rings (SSSR count). The molecule has 0 aliphatic carbocycles. The predicted molar refractivity (Wildman–Crippen MR) is 115 cm³/mol. The molecule has 2 aromatic carbocycles. The summed E-state index contributed by atoms with van der Waals surface area (Å²) in [5, 5.41) is 25.5. The summed E-state index contributed by atoms with van der Waals surface area (Å²) >= 11 is 0. The van der Waals surface area contributed by atoms with Crippen molar-refractivity contribution in [3.05, 3.63) is 65.2 Å². The highest BCUT2D eigenvalue weighted by atomic mass is 16.5. The molecule has 0 spiro atoms.